The first-order valence-corrected chi connectivity index (χ1v) is 6.43. The molecule has 2 aliphatic rings. The Bertz CT molecular complexity index is 892. The van der Waals surface area contributed by atoms with E-state index >= 15 is 0 Å². The van der Waals surface area contributed by atoms with Crippen LogP contribution in [0.5, 0.6) is 0 Å². The van der Waals surface area contributed by atoms with Crippen LogP contribution in [0, 0.1) is 10.1 Å². The summed E-state index contributed by atoms with van der Waals surface area (Å²) in [6.07, 6.45) is 0. The Morgan fingerprint density at radius 2 is 1.59 bits per heavy atom. The van der Waals surface area contributed by atoms with Crippen LogP contribution < -0.4 is 37.8 Å². The van der Waals surface area contributed by atoms with E-state index in [1.807, 2.05) is 0 Å². The van der Waals surface area contributed by atoms with Gasteiger partial charge in [-0.1, -0.05) is 37.1 Å². The number of hydrogen-bond donors (Lipinski definition) is 6. The van der Waals surface area contributed by atoms with Crippen molar-refractivity contribution in [1.82, 2.24) is 9.97 Å². The molecule has 164 valence electrons. The fourth-order valence-electron chi connectivity index (χ4n) is 2.51. The van der Waals surface area contributed by atoms with E-state index in [9.17, 15) is 20.5 Å². The summed E-state index contributed by atoms with van der Waals surface area (Å²) in [7, 11) is 0. The van der Waals surface area contributed by atoms with Crippen LogP contribution in [0.15, 0.2) is 12.1 Å². The number of hydrazine groups is 3. The van der Waals surface area contributed by atoms with Crippen molar-refractivity contribution in [3.05, 3.63) is 22.2 Å². The molecule has 2 aromatic rings. The lowest BCUT2D eigenvalue weighted by Gasteiger charge is -2.20. The first-order valence-electron chi connectivity index (χ1n) is 6.43. The number of nitrogens with zero attached hydrogens (tertiary/aromatic N) is 6. The van der Waals surface area contributed by atoms with E-state index in [0.717, 1.165) is 6.07 Å². The van der Waals surface area contributed by atoms with Gasteiger partial charge in [-0.2, -0.15) is 20.2 Å². The standard InChI is InChI=1S/C10H10N10O4.5CH4/c11-8-7-9(14-10(12)13-8)18-15-6-4(17(18)16-7)1-3(19(21)22)2-5(6)20(23)24;;;;;/h1-2,15-16,21-22H,(H4,11,12,13,14);5*1H4. The minimum Gasteiger partial charge on any atom is -0.382 e. The summed E-state index contributed by atoms with van der Waals surface area (Å²) >= 11 is 0. The molecule has 0 unspecified atom stereocenters. The maximum absolute atomic E-state index is 11.3. The number of nitro benzene ring substituents is 1. The van der Waals surface area contributed by atoms with Crippen molar-refractivity contribution in [2.75, 3.05) is 37.8 Å². The zero-order valence-corrected chi connectivity index (χ0v) is 11.7. The highest BCUT2D eigenvalue weighted by Crippen LogP contribution is 2.49. The van der Waals surface area contributed by atoms with Gasteiger partial charge < -0.3 is 11.5 Å². The Hall–Kier alpha value is -3.78. The lowest BCUT2D eigenvalue weighted by molar-refractivity contribution is -0.383. The Morgan fingerprint density at radius 1 is 1.00 bits per heavy atom. The Morgan fingerprint density at radius 3 is 2.14 bits per heavy atom. The highest BCUT2D eigenvalue weighted by Gasteiger charge is 2.42. The molecule has 0 spiro atoms. The highest BCUT2D eigenvalue weighted by molar-refractivity contribution is 5.97. The highest BCUT2D eigenvalue weighted by atomic mass is 16.8. The Balaban J connectivity index is 0. The Kier molecular flexibility index (Phi) is 8.46. The third-order valence-corrected chi connectivity index (χ3v) is 3.51. The molecule has 14 nitrogen and oxygen atoms in total. The molecule has 3 heterocycles. The second-order valence-corrected chi connectivity index (χ2v) is 4.92. The van der Waals surface area contributed by atoms with Gasteiger partial charge in [0.05, 0.1) is 4.92 Å². The van der Waals surface area contributed by atoms with Crippen molar-refractivity contribution in [3.63, 3.8) is 0 Å². The van der Waals surface area contributed by atoms with Gasteiger partial charge in [-0.25, -0.2) is 0 Å². The molecule has 0 saturated heterocycles. The van der Waals surface area contributed by atoms with Gasteiger partial charge in [0.1, 0.15) is 17.1 Å². The number of rotatable bonds is 2. The van der Waals surface area contributed by atoms with Crippen molar-refractivity contribution in [1.29, 1.82) is 0 Å². The van der Waals surface area contributed by atoms with Crippen molar-refractivity contribution in [2.24, 2.45) is 0 Å². The van der Waals surface area contributed by atoms with E-state index < -0.39 is 4.92 Å². The number of anilines is 7. The van der Waals surface area contributed by atoms with E-state index in [1.54, 1.807) is 0 Å². The van der Waals surface area contributed by atoms with Gasteiger partial charge in [0, 0.05) is 6.07 Å². The quantitative estimate of drug-likeness (QED) is 0.310. The summed E-state index contributed by atoms with van der Waals surface area (Å²) in [6.45, 7) is 0. The zero-order valence-electron chi connectivity index (χ0n) is 11.7. The van der Waals surface area contributed by atoms with Gasteiger partial charge in [0.25, 0.3) is 5.69 Å². The molecular formula is C15H30N10O4. The SMILES string of the molecule is C.C.C.C.C.Nc1nc(N)c2c(n1)N1Nc3c(cc(N(O)O)cc3[N+](=O)[O-])N1N2. The van der Waals surface area contributed by atoms with Crippen LogP contribution in [0.25, 0.3) is 0 Å². The molecule has 2 aliphatic heterocycles. The molecule has 29 heavy (non-hydrogen) atoms. The van der Waals surface area contributed by atoms with Crippen LogP contribution in [-0.2, 0) is 0 Å². The van der Waals surface area contributed by atoms with Crippen molar-refractivity contribution < 1.29 is 15.3 Å². The largest absolute Gasteiger partial charge is 0.382 e. The zero-order chi connectivity index (χ0) is 17.2. The second kappa shape index (κ2) is 8.94. The lowest BCUT2D eigenvalue weighted by Crippen LogP contribution is -2.40. The van der Waals surface area contributed by atoms with Crippen LogP contribution >= 0.6 is 0 Å². The maximum Gasteiger partial charge on any atom is 0.298 e. The molecule has 0 bridgehead atoms. The van der Waals surface area contributed by atoms with Crippen LogP contribution in [0.3, 0.4) is 0 Å². The molecular weight excluding hydrogens is 384 g/mol. The molecule has 0 radical (unpaired) electrons. The molecule has 0 amide bonds. The molecule has 0 saturated carbocycles. The van der Waals surface area contributed by atoms with Crippen LogP contribution in [0.2, 0.25) is 0 Å². The number of fused-ring (bicyclic) bond motifs is 5. The predicted molar refractivity (Wildman–Crippen MR) is 116 cm³/mol. The summed E-state index contributed by atoms with van der Waals surface area (Å²) in [5.41, 5.74) is 17.2. The summed E-state index contributed by atoms with van der Waals surface area (Å²) in [4.78, 5) is 18.5. The first-order chi connectivity index (χ1) is 11.4. The average molecular weight is 414 g/mol. The summed E-state index contributed by atoms with van der Waals surface area (Å²) < 4.78 is 0. The molecule has 8 N–H and O–H groups in total. The number of nitrogen functional groups attached to an aromatic ring is 2. The van der Waals surface area contributed by atoms with E-state index in [0.29, 0.717) is 5.69 Å². The third kappa shape index (κ3) is 3.78. The van der Waals surface area contributed by atoms with Gasteiger partial charge in [-0.3, -0.25) is 31.4 Å². The van der Waals surface area contributed by atoms with Crippen LogP contribution in [-0.4, -0.2) is 25.3 Å². The maximum atomic E-state index is 11.3. The normalized spacial score (nSPS) is 11.4. The average Bonchev–Trinajstić information content (AvgIpc) is 3.03. The predicted octanol–water partition coefficient (Wildman–Crippen LogP) is 3.22. The molecule has 0 fully saturated rings. The number of nitrogens with one attached hydrogen (secondary N) is 2. The minimum atomic E-state index is -0.661. The Labute approximate surface area is 169 Å². The molecule has 4 rings (SSSR count). The van der Waals surface area contributed by atoms with Gasteiger partial charge in [0.2, 0.25) is 11.8 Å². The van der Waals surface area contributed by atoms with E-state index in [2.05, 4.69) is 20.8 Å². The van der Waals surface area contributed by atoms with Crippen molar-refractivity contribution >= 4 is 46.0 Å². The van der Waals surface area contributed by atoms with Crippen molar-refractivity contribution in [2.45, 2.75) is 37.1 Å². The topological polar surface area (TPSA) is 195 Å². The number of hydrogen-bond acceptors (Lipinski definition) is 13. The first kappa shape index (κ1) is 27.4. The third-order valence-electron chi connectivity index (χ3n) is 3.51. The smallest absolute Gasteiger partial charge is 0.298 e. The van der Waals surface area contributed by atoms with Crippen LogP contribution in [0.1, 0.15) is 37.1 Å². The van der Waals surface area contributed by atoms with Crippen LogP contribution in [0.4, 0.5) is 46.0 Å². The van der Waals surface area contributed by atoms with Gasteiger partial charge in [0.15, 0.2) is 11.5 Å². The fourth-order valence-corrected chi connectivity index (χ4v) is 2.51. The number of nitrogens with two attached hydrogens (primary N) is 2. The summed E-state index contributed by atoms with van der Waals surface area (Å²) in [5.74, 6) is 0.281. The van der Waals surface area contributed by atoms with Gasteiger partial charge >= 0.3 is 0 Å². The minimum absolute atomic E-state index is 0. The second-order valence-electron chi connectivity index (χ2n) is 4.92. The number of aromatic nitrogens is 2. The van der Waals surface area contributed by atoms with E-state index in [4.69, 9.17) is 11.5 Å². The fraction of sp³-hybridized carbons (Fsp3) is 0.333. The number of benzene rings is 1. The summed E-state index contributed by atoms with van der Waals surface area (Å²) in [6, 6.07) is 2.31. The van der Waals surface area contributed by atoms with Gasteiger partial charge in [-0.05, 0) is 6.07 Å². The van der Waals surface area contributed by atoms with Crippen molar-refractivity contribution in [3.8, 4) is 0 Å². The monoisotopic (exact) mass is 414 g/mol. The van der Waals surface area contributed by atoms with E-state index in [-0.39, 0.29) is 82.7 Å². The summed E-state index contributed by atoms with van der Waals surface area (Å²) in [5, 5.41) is 32.1. The molecule has 1 aromatic carbocycles. The molecule has 0 atom stereocenters. The molecule has 14 heteroatoms. The molecule has 0 aliphatic carbocycles. The lowest BCUT2D eigenvalue weighted by atomic mass is 10.2. The van der Waals surface area contributed by atoms with E-state index in [1.165, 1.54) is 16.3 Å². The van der Waals surface area contributed by atoms with Gasteiger partial charge in [-0.15, -0.1) is 5.23 Å². The number of nitro groups is 1. The molecule has 1 aromatic heterocycles.